The zero-order chi connectivity index (χ0) is 11.4. The van der Waals surface area contributed by atoms with Crippen molar-refractivity contribution in [3.63, 3.8) is 0 Å². The minimum Gasteiger partial charge on any atom is -0.438 e. The first-order valence-electron chi connectivity index (χ1n) is 5.79. The Labute approximate surface area is 92.1 Å². The van der Waals surface area contributed by atoms with E-state index in [4.69, 9.17) is 4.74 Å². The van der Waals surface area contributed by atoms with Gasteiger partial charge in [0.15, 0.2) is 0 Å². The van der Waals surface area contributed by atoms with Gasteiger partial charge in [-0.05, 0) is 30.6 Å². The fourth-order valence-electron chi connectivity index (χ4n) is 2.42. The van der Waals surface area contributed by atoms with Gasteiger partial charge >= 0.3 is 6.16 Å². The van der Waals surface area contributed by atoms with Gasteiger partial charge in [0.2, 0.25) is 0 Å². The predicted octanol–water partition coefficient (Wildman–Crippen LogP) is 3.23. The Bertz CT molecular complexity index is 213. The summed E-state index contributed by atoms with van der Waals surface area (Å²) in [6.45, 7) is 6.59. The normalized spacial score (nSPS) is 31.4. The van der Waals surface area contributed by atoms with Crippen molar-refractivity contribution in [3.8, 4) is 0 Å². The molecular formula is C12H22O3. The van der Waals surface area contributed by atoms with E-state index in [0.717, 1.165) is 12.8 Å². The Kier molecular flexibility index (Phi) is 4.43. The molecule has 1 aliphatic carbocycles. The second kappa shape index (κ2) is 5.38. The van der Waals surface area contributed by atoms with Crippen LogP contribution in [-0.4, -0.2) is 19.4 Å². The van der Waals surface area contributed by atoms with Gasteiger partial charge in [0.05, 0.1) is 7.11 Å². The highest BCUT2D eigenvalue weighted by Crippen LogP contribution is 2.35. The molecule has 0 aromatic heterocycles. The third-order valence-corrected chi connectivity index (χ3v) is 3.38. The molecule has 3 atom stereocenters. The summed E-state index contributed by atoms with van der Waals surface area (Å²) in [6, 6.07) is 0. The van der Waals surface area contributed by atoms with Gasteiger partial charge in [-0.1, -0.05) is 27.2 Å². The Hall–Kier alpha value is -0.730. The van der Waals surface area contributed by atoms with Crippen LogP contribution >= 0.6 is 0 Å². The summed E-state index contributed by atoms with van der Waals surface area (Å²) in [4.78, 5) is 11.1. The number of ether oxygens (including phenoxy) is 2. The highest BCUT2D eigenvalue weighted by atomic mass is 16.7. The first-order chi connectivity index (χ1) is 7.04. The molecule has 0 spiro atoms. The smallest absolute Gasteiger partial charge is 0.438 e. The lowest BCUT2D eigenvalue weighted by Gasteiger charge is -2.36. The van der Waals surface area contributed by atoms with E-state index in [1.54, 1.807) is 0 Å². The maximum atomic E-state index is 11.1. The van der Waals surface area contributed by atoms with Crippen LogP contribution in [0.1, 0.15) is 40.0 Å². The topological polar surface area (TPSA) is 35.5 Å². The van der Waals surface area contributed by atoms with Crippen LogP contribution in [0.4, 0.5) is 4.79 Å². The quantitative estimate of drug-likeness (QED) is 0.662. The molecule has 1 fully saturated rings. The molecule has 3 nitrogen and oxygen atoms in total. The van der Waals surface area contributed by atoms with Gasteiger partial charge in [-0.3, -0.25) is 0 Å². The standard InChI is InChI=1S/C12H22O3/c1-8(2)10-6-5-9(3)7-11(10)15-12(13)14-4/h8-11H,5-7H2,1-4H3/t9-,10+,11-/m0/s1. The number of hydrogen-bond acceptors (Lipinski definition) is 3. The van der Waals surface area contributed by atoms with Gasteiger partial charge in [0, 0.05) is 0 Å². The van der Waals surface area contributed by atoms with Crippen LogP contribution in [0, 0.1) is 17.8 Å². The molecule has 0 unspecified atom stereocenters. The second-order valence-electron chi connectivity index (χ2n) is 4.94. The highest BCUT2D eigenvalue weighted by molar-refractivity contribution is 5.59. The lowest BCUT2D eigenvalue weighted by Crippen LogP contribution is -2.35. The lowest BCUT2D eigenvalue weighted by molar-refractivity contribution is -0.0248. The SMILES string of the molecule is COC(=O)O[C@H]1C[C@@H](C)CC[C@@H]1C(C)C. The molecule has 1 saturated carbocycles. The molecule has 88 valence electrons. The number of hydrogen-bond donors (Lipinski definition) is 0. The number of methoxy groups -OCH3 is 1. The molecule has 0 aliphatic heterocycles. The predicted molar refractivity (Wildman–Crippen MR) is 58.6 cm³/mol. The molecule has 0 saturated heterocycles. The van der Waals surface area contributed by atoms with Crippen molar-refractivity contribution in [1.29, 1.82) is 0 Å². The summed E-state index contributed by atoms with van der Waals surface area (Å²) in [6.07, 6.45) is 2.86. The Morgan fingerprint density at radius 2 is 2.00 bits per heavy atom. The third-order valence-electron chi connectivity index (χ3n) is 3.38. The summed E-state index contributed by atoms with van der Waals surface area (Å²) < 4.78 is 9.88. The van der Waals surface area contributed by atoms with Gasteiger partial charge in [0.25, 0.3) is 0 Å². The third kappa shape index (κ3) is 3.40. The molecule has 0 amide bonds. The van der Waals surface area contributed by atoms with Crippen LogP contribution < -0.4 is 0 Å². The summed E-state index contributed by atoms with van der Waals surface area (Å²) in [5, 5.41) is 0. The van der Waals surface area contributed by atoms with Crippen LogP contribution in [0.25, 0.3) is 0 Å². The van der Waals surface area contributed by atoms with Crippen molar-refractivity contribution in [1.82, 2.24) is 0 Å². The molecule has 3 heteroatoms. The van der Waals surface area contributed by atoms with Gasteiger partial charge in [-0.15, -0.1) is 0 Å². The number of carbonyl (C=O) groups excluding carboxylic acids is 1. The Morgan fingerprint density at radius 3 is 2.53 bits per heavy atom. The summed E-state index contributed by atoms with van der Waals surface area (Å²) >= 11 is 0. The van der Waals surface area contributed by atoms with Crippen LogP contribution in [0.15, 0.2) is 0 Å². The highest BCUT2D eigenvalue weighted by Gasteiger charge is 2.33. The van der Waals surface area contributed by atoms with Crippen molar-refractivity contribution in [2.75, 3.05) is 7.11 Å². The Balaban J connectivity index is 2.57. The molecule has 1 aliphatic rings. The van der Waals surface area contributed by atoms with E-state index in [9.17, 15) is 4.79 Å². The van der Waals surface area contributed by atoms with E-state index in [1.165, 1.54) is 13.5 Å². The van der Waals surface area contributed by atoms with Gasteiger partial charge < -0.3 is 9.47 Å². The number of rotatable bonds is 2. The van der Waals surface area contributed by atoms with Gasteiger partial charge in [0.1, 0.15) is 6.10 Å². The molecule has 0 N–H and O–H groups in total. The van der Waals surface area contributed by atoms with Crippen LogP contribution in [0.3, 0.4) is 0 Å². The van der Waals surface area contributed by atoms with E-state index in [-0.39, 0.29) is 6.10 Å². The Morgan fingerprint density at radius 1 is 1.33 bits per heavy atom. The average Bonchev–Trinajstić information content (AvgIpc) is 2.17. The zero-order valence-electron chi connectivity index (χ0n) is 10.2. The minimum atomic E-state index is -0.542. The second-order valence-corrected chi connectivity index (χ2v) is 4.94. The fourth-order valence-corrected chi connectivity index (χ4v) is 2.42. The maximum Gasteiger partial charge on any atom is 0.508 e. The monoisotopic (exact) mass is 214 g/mol. The first-order valence-corrected chi connectivity index (χ1v) is 5.79. The largest absolute Gasteiger partial charge is 0.508 e. The molecule has 15 heavy (non-hydrogen) atoms. The van der Waals surface area contributed by atoms with Crippen molar-refractivity contribution in [2.24, 2.45) is 17.8 Å². The number of carbonyl (C=O) groups is 1. The van der Waals surface area contributed by atoms with Crippen LogP contribution in [0.5, 0.6) is 0 Å². The maximum absolute atomic E-state index is 11.1. The summed E-state index contributed by atoms with van der Waals surface area (Å²) in [5.41, 5.74) is 0. The van der Waals surface area contributed by atoms with E-state index >= 15 is 0 Å². The van der Waals surface area contributed by atoms with Crippen molar-refractivity contribution in [2.45, 2.75) is 46.1 Å². The molecule has 0 heterocycles. The van der Waals surface area contributed by atoms with Crippen LogP contribution in [0.2, 0.25) is 0 Å². The molecule has 0 aromatic rings. The minimum absolute atomic E-state index is 0.0428. The first kappa shape index (κ1) is 12.3. The zero-order valence-corrected chi connectivity index (χ0v) is 10.2. The molecule has 0 aromatic carbocycles. The summed E-state index contributed by atoms with van der Waals surface area (Å²) in [5.74, 6) is 1.70. The van der Waals surface area contributed by atoms with Crippen LogP contribution in [-0.2, 0) is 9.47 Å². The van der Waals surface area contributed by atoms with E-state index in [0.29, 0.717) is 17.8 Å². The summed E-state index contributed by atoms with van der Waals surface area (Å²) in [7, 11) is 1.36. The van der Waals surface area contributed by atoms with Crippen molar-refractivity contribution in [3.05, 3.63) is 0 Å². The van der Waals surface area contributed by atoms with Gasteiger partial charge in [-0.2, -0.15) is 0 Å². The van der Waals surface area contributed by atoms with Crippen molar-refractivity contribution >= 4 is 6.16 Å². The van der Waals surface area contributed by atoms with Crippen molar-refractivity contribution < 1.29 is 14.3 Å². The fraction of sp³-hybridized carbons (Fsp3) is 0.917. The molecule has 0 radical (unpaired) electrons. The lowest BCUT2D eigenvalue weighted by atomic mass is 9.75. The molecule has 0 bridgehead atoms. The average molecular weight is 214 g/mol. The van der Waals surface area contributed by atoms with Gasteiger partial charge in [-0.25, -0.2) is 4.79 Å². The van der Waals surface area contributed by atoms with E-state index in [2.05, 4.69) is 25.5 Å². The van der Waals surface area contributed by atoms with E-state index < -0.39 is 6.16 Å². The molecular weight excluding hydrogens is 192 g/mol. The molecule has 1 rings (SSSR count). The van der Waals surface area contributed by atoms with E-state index in [1.807, 2.05) is 0 Å².